The molecule has 1 amide bonds. The zero-order valence-corrected chi connectivity index (χ0v) is 33.0. The van der Waals surface area contributed by atoms with Gasteiger partial charge in [0, 0.05) is 12.6 Å². The van der Waals surface area contributed by atoms with E-state index >= 15 is 0 Å². The quantitative estimate of drug-likeness (QED) is 0.0957. The molecule has 8 heteroatoms. The van der Waals surface area contributed by atoms with Gasteiger partial charge in [-0.2, -0.15) is 0 Å². The molecule has 0 aliphatic carbocycles. The maximum absolute atomic E-state index is 12.5. The van der Waals surface area contributed by atoms with Crippen LogP contribution < -0.4 is 5.32 Å². The number of hydrogen-bond acceptors (Lipinski definition) is 7. The lowest BCUT2D eigenvalue weighted by Gasteiger charge is -2.47. The molecule has 0 radical (unpaired) electrons. The average molecular weight is 778 g/mol. The molecule has 1 aliphatic heterocycles. The Bertz CT molecular complexity index is 2170. The molecule has 1 aliphatic rings. The van der Waals surface area contributed by atoms with E-state index in [0.717, 1.165) is 38.9 Å². The number of benzene rings is 6. The van der Waals surface area contributed by atoms with E-state index in [1.165, 1.54) is 0 Å². The summed E-state index contributed by atoms with van der Waals surface area (Å²) in [6.07, 6.45) is -4.66. The summed E-state index contributed by atoms with van der Waals surface area (Å²) in [5.74, 6) is -0.154. The van der Waals surface area contributed by atoms with Crippen molar-refractivity contribution in [1.82, 2.24) is 5.32 Å². The van der Waals surface area contributed by atoms with Gasteiger partial charge in [-0.1, -0.05) is 152 Å². The summed E-state index contributed by atoms with van der Waals surface area (Å²) in [5, 5.41) is 15.2. The third-order valence-corrected chi connectivity index (χ3v) is 10.5. The van der Waals surface area contributed by atoms with E-state index in [2.05, 4.69) is 5.32 Å². The summed E-state index contributed by atoms with van der Waals surface area (Å²) < 4.78 is 33.9. The van der Waals surface area contributed by atoms with E-state index in [1.54, 1.807) is 13.1 Å². The number of nitrogens with one attached hydrogen (secondary N) is 1. The number of aliphatic hydroxyl groups excluding tert-OH is 1. The lowest BCUT2D eigenvalue weighted by molar-refractivity contribution is -0.287. The molecule has 58 heavy (non-hydrogen) atoms. The van der Waals surface area contributed by atoms with Gasteiger partial charge in [0.15, 0.2) is 0 Å². The number of rotatable bonds is 17. The van der Waals surface area contributed by atoms with Gasteiger partial charge < -0.3 is 34.1 Å². The summed E-state index contributed by atoms with van der Waals surface area (Å²) in [6, 6.07) is 53.4. The Labute approximate surface area is 341 Å². The van der Waals surface area contributed by atoms with E-state index in [9.17, 15) is 9.90 Å². The van der Waals surface area contributed by atoms with Crippen molar-refractivity contribution >= 4 is 5.91 Å². The fraction of sp³-hybridized carbons (Fsp3) is 0.260. The van der Waals surface area contributed by atoms with Crippen molar-refractivity contribution in [3.8, 4) is 11.1 Å². The van der Waals surface area contributed by atoms with Crippen molar-refractivity contribution in [2.24, 2.45) is 0 Å². The lowest BCUT2D eigenvalue weighted by Crippen LogP contribution is -2.62. The molecule has 6 atom stereocenters. The highest BCUT2D eigenvalue weighted by molar-refractivity contribution is 5.95. The molecule has 5 unspecified atom stereocenters. The number of amides is 1. The first-order valence-corrected chi connectivity index (χ1v) is 19.8. The van der Waals surface area contributed by atoms with Gasteiger partial charge in [-0.15, -0.1) is 0 Å². The first-order valence-electron chi connectivity index (χ1n) is 19.8. The molecule has 0 spiro atoms. The average Bonchev–Trinajstić information content (AvgIpc) is 3.28. The molecule has 0 bridgehead atoms. The summed E-state index contributed by atoms with van der Waals surface area (Å²) in [6.45, 7) is 3.42. The summed E-state index contributed by atoms with van der Waals surface area (Å²) in [7, 11) is 1.62. The summed E-state index contributed by atoms with van der Waals surface area (Å²) >= 11 is 0. The van der Waals surface area contributed by atoms with Crippen LogP contribution >= 0.6 is 0 Å². The van der Waals surface area contributed by atoms with E-state index in [0.29, 0.717) is 30.9 Å². The Morgan fingerprint density at radius 2 is 1.10 bits per heavy atom. The third kappa shape index (κ3) is 10.5. The SMILES string of the molecule is CNC(=O)c1cccc(-c2ccc([C@@H](O)C3OC(COCc4ccccc4)C(OCc4ccccc4)C(OCc4ccccc4)C3OCc3ccccc3)c(C)c2)c1. The molecular formula is C50H51NO7. The van der Waals surface area contributed by atoms with Crippen molar-refractivity contribution in [1.29, 1.82) is 0 Å². The van der Waals surface area contributed by atoms with Gasteiger partial charge in [-0.3, -0.25) is 4.79 Å². The second-order valence-corrected chi connectivity index (χ2v) is 14.6. The van der Waals surface area contributed by atoms with Crippen molar-refractivity contribution in [2.45, 2.75) is 70.0 Å². The molecule has 0 saturated carbocycles. The Hall–Kier alpha value is -5.45. The molecular weight excluding hydrogens is 727 g/mol. The topological polar surface area (TPSA) is 95.5 Å². The summed E-state index contributed by atoms with van der Waals surface area (Å²) in [5.41, 5.74) is 7.97. The number of aryl methyl sites for hydroxylation is 1. The smallest absolute Gasteiger partial charge is 0.251 e. The first-order chi connectivity index (χ1) is 28.5. The van der Waals surface area contributed by atoms with E-state index in [1.807, 2.05) is 165 Å². The van der Waals surface area contributed by atoms with Gasteiger partial charge in [0.2, 0.25) is 0 Å². The fourth-order valence-electron chi connectivity index (χ4n) is 7.43. The van der Waals surface area contributed by atoms with Crippen molar-refractivity contribution < 1.29 is 33.6 Å². The van der Waals surface area contributed by atoms with Gasteiger partial charge >= 0.3 is 0 Å². The monoisotopic (exact) mass is 777 g/mol. The zero-order valence-electron chi connectivity index (χ0n) is 33.0. The fourth-order valence-corrected chi connectivity index (χ4v) is 7.43. The van der Waals surface area contributed by atoms with Crippen LogP contribution in [0.4, 0.5) is 0 Å². The van der Waals surface area contributed by atoms with Crippen LogP contribution in [-0.4, -0.2) is 55.2 Å². The maximum Gasteiger partial charge on any atom is 0.251 e. The van der Waals surface area contributed by atoms with Crippen LogP contribution in [-0.2, 0) is 50.1 Å². The molecule has 1 saturated heterocycles. The number of carbonyl (C=O) groups excluding carboxylic acids is 1. The second kappa shape index (κ2) is 20.3. The zero-order chi connectivity index (χ0) is 40.1. The Morgan fingerprint density at radius 1 is 0.603 bits per heavy atom. The molecule has 8 nitrogen and oxygen atoms in total. The molecule has 0 aromatic heterocycles. The molecule has 7 rings (SSSR count). The van der Waals surface area contributed by atoms with E-state index < -0.39 is 36.6 Å². The van der Waals surface area contributed by atoms with Crippen LogP contribution in [0.1, 0.15) is 49.8 Å². The number of carbonyl (C=O) groups is 1. The molecule has 6 aromatic rings. The van der Waals surface area contributed by atoms with E-state index in [-0.39, 0.29) is 19.1 Å². The highest BCUT2D eigenvalue weighted by atomic mass is 16.6. The number of aliphatic hydroxyl groups is 1. The minimum absolute atomic E-state index is 0.154. The highest BCUT2D eigenvalue weighted by Gasteiger charge is 2.51. The van der Waals surface area contributed by atoms with Crippen LogP contribution in [0, 0.1) is 6.92 Å². The number of hydrogen-bond donors (Lipinski definition) is 2. The van der Waals surface area contributed by atoms with Crippen LogP contribution in [0.15, 0.2) is 164 Å². The van der Waals surface area contributed by atoms with Gasteiger partial charge in [0.05, 0.1) is 33.0 Å². The Kier molecular flexibility index (Phi) is 14.3. The lowest BCUT2D eigenvalue weighted by atomic mass is 9.87. The van der Waals surface area contributed by atoms with Gasteiger partial charge in [-0.25, -0.2) is 0 Å². The molecule has 2 N–H and O–H groups in total. The maximum atomic E-state index is 12.5. The second-order valence-electron chi connectivity index (χ2n) is 14.6. The van der Waals surface area contributed by atoms with Crippen molar-refractivity contribution in [2.75, 3.05) is 13.7 Å². The molecule has 1 heterocycles. The molecule has 6 aromatic carbocycles. The third-order valence-electron chi connectivity index (χ3n) is 10.5. The number of ether oxygens (including phenoxy) is 5. The predicted molar refractivity (Wildman–Crippen MR) is 225 cm³/mol. The van der Waals surface area contributed by atoms with Gasteiger partial charge in [0.25, 0.3) is 5.91 Å². The normalized spacial score (nSPS) is 19.7. The largest absolute Gasteiger partial charge is 0.386 e. The van der Waals surface area contributed by atoms with Gasteiger partial charge in [-0.05, 0) is 63.6 Å². The van der Waals surface area contributed by atoms with Crippen LogP contribution in [0.2, 0.25) is 0 Å². The van der Waals surface area contributed by atoms with Crippen LogP contribution in [0.3, 0.4) is 0 Å². The minimum Gasteiger partial charge on any atom is -0.386 e. The highest BCUT2D eigenvalue weighted by Crippen LogP contribution is 2.38. The van der Waals surface area contributed by atoms with Gasteiger partial charge in [0.1, 0.15) is 36.6 Å². The minimum atomic E-state index is -1.11. The van der Waals surface area contributed by atoms with Crippen LogP contribution in [0.25, 0.3) is 11.1 Å². The first kappa shape index (κ1) is 40.7. The Balaban J connectivity index is 1.25. The van der Waals surface area contributed by atoms with Crippen molar-refractivity contribution in [3.63, 3.8) is 0 Å². The van der Waals surface area contributed by atoms with Crippen LogP contribution in [0.5, 0.6) is 0 Å². The van der Waals surface area contributed by atoms with Crippen molar-refractivity contribution in [3.05, 3.63) is 203 Å². The predicted octanol–water partition coefficient (Wildman–Crippen LogP) is 8.80. The standard InChI is InChI=1S/C50H51NO7/c1-35-28-41(40-24-15-25-42(29-40)50(53)51-2)26-27-43(35)45(52)47-49(57-33-39-22-13-6-14-23-39)48(56-32-38-20-11-5-12-21-38)46(55-31-37-18-9-4-10-19-37)44(58-47)34-54-30-36-16-7-3-8-17-36/h3-29,44-49,52H,30-34H2,1-2H3,(H,51,53)/t44?,45-,46?,47?,48?,49?/m1/s1. The van der Waals surface area contributed by atoms with E-state index in [4.69, 9.17) is 23.7 Å². The molecule has 1 fully saturated rings. The molecule has 298 valence electrons. The Morgan fingerprint density at radius 3 is 1.64 bits per heavy atom. The summed E-state index contributed by atoms with van der Waals surface area (Å²) in [4.78, 5) is 12.4.